The fraction of sp³-hybridized carbons (Fsp3) is 1.00. The Morgan fingerprint density at radius 3 is 2.63 bits per heavy atom. The lowest BCUT2D eigenvalue weighted by atomic mass is 9.84. The fourth-order valence-electron chi connectivity index (χ4n) is 4.43. The highest BCUT2D eigenvalue weighted by Crippen LogP contribution is 2.49. The van der Waals surface area contributed by atoms with Gasteiger partial charge in [0.15, 0.2) is 0 Å². The molecule has 3 fully saturated rings. The smallest absolute Gasteiger partial charge is 0.215 e. The molecular weight excluding hydrogens is 260 g/mol. The van der Waals surface area contributed by atoms with Gasteiger partial charge in [-0.05, 0) is 63.3 Å². The summed E-state index contributed by atoms with van der Waals surface area (Å²) in [6.45, 7) is 3.63. The average molecular weight is 286 g/mol. The van der Waals surface area contributed by atoms with Gasteiger partial charge in [-0.15, -0.1) is 0 Å². The van der Waals surface area contributed by atoms with E-state index < -0.39 is 10.0 Å². The minimum Gasteiger partial charge on any atom is -0.315 e. The Labute approximate surface area is 116 Å². The second-order valence-electron chi connectivity index (χ2n) is 6.76. The third-order valence-electron chi connectivity index (χ3n) is 5.48. The quantitative estimate of drug-likeness (QED) is 0.823. The zero-order valence-corrected chi connectivity index (χ0v) is 12.6. The average Bonchev–Trinajstić information content (AvgIpc) is 3.01. The van der Waals surface area contributed by atoms with Crippen molar-refractivity contribution in [2.75, 3.05) is 13.1 Å². The van der Waals surface area contributed by atoms with Crippen molar-refractivity contribution in [3.8, 4) is 0 Å². The van der Waals surface area contributed by atoms with Crippen LogP contribution in [0, 0.1) is 17.8 Å². The fourth-order valence-corrected chi connectivity index (χ4v) is 6.13. The molecule has 0 aromatic rings. The molecule has 1 saturated heterocycles. The van der Waals surface area contributed by atoms with Crippen LogP contribution in [-0.2, 0) is 10.0 Å². The van der Waals surface area contributed by atoms with E-state index in [9.17, 15) is 8.42 Å². The van der Waals surface area contributed by atoms with E-state index in [-0.39, 0.29) is 11.3 Å². The maximum atomic E-state index is 12.4. The molecule has 5 heteroatoms. The van der Waals surface area contributed by atoms with Crippen LogP contribution < -0.4 is 10.0 Å². The largest absolute Gasteiger partial charge is 0.315 e. The summed E-state index contributed by atoms with van der Waals surface area (Å²) in [5.41, 5.74) is 0. The molecule has 3 rings (SSSR count). The van der Waals surface area contributed by atoms with Gasteiger partial charge in [-0.25, -0.2) is 13.1 Å². The van der Waals surface area contributed by atoms with Crippen LogP contribution in [-0.4, -0.2) is 32.8 Å². The molecule has 5 atom stereocenters. The van der Waals surface area contributed by atoms with Crippen LogP contribution in [0.15, 0.2) is 0 Å². The van der Waals surface area contributed by atoms with Crippen LogP contribution in [0.4, 0.5) is 0 Å². The van der Waals surface area contributed by atoms with Gasteiger partial charge in [0.05, 0.1) is 5.25 Å². The van der Waals surface area contributed by atoms with Crippen molar-refractivity contribution in [3.63, 3.8) is 0 Å². The number of fused-ring (bicyclic) bond motifs is 2. The van der Waals surface area contributed by atoms with Crippen molar-refractivity contribution in [1.82, 2.24) is 10.0 Å². The van der Waals surface area contributed by atoms with Crippen LogP contribution in [0.5, 0.6) is 0 Å². The molecule has 19 heavy (non-hydrogen) atoms. The third-order valence-corrected chi connectivity index (χ3v) is 7.46. The molecule has 5 unspecified atom stereocenters. The Bertz CT molecular complexity index is 417. The Morgan fingerprint density at radius 1 is 1.21 bits per heavy atom. The number of nitrogens with one attached hydrogen (secondary N) is 2. The van der Waals surface area contributed by atoms with Gasteiger partial charge >= 0.3 is 0 Å². The van der Waals surface area contributed by atoms with Crippen molar-refractivity contribution in [2.24, 2.45) is 17.8 Å². The zero-order valence-electron chi connectivity index (χ0n) is 11.8. The van der Waals surface area contributed by atoms with E-state index in [0.717, 1.165) is 31.2 Å². The van der Waals surface area contributed by atoms with E-state index in [1.165, 1.54) is 25.7 Å². The summed E-state index contributed by atoms with van der Waals surface area (Å²) in [5.74, 6) is 2.22. The maximum Gasteiger partial charge on any atom is 0.215 e. The predicted octanol–water partition coefficient (Wildman–Crippen LogP) is 1.48. The first-order valence-corrected chi connectivity index (χ1v) is 9.33. The van der Waals surface area contributed by atoms with Gasteiger partial charge in [-0.2, -0.15) is 0 Å². The second-order valence-corrected chi connectivity index (χ2v) is 8.75. The highest BCUT2D eigenvalue weighted by molar-refractivity contribution is 7.90. The molecule has 4 nitrogen and oxygen atoms in total. The van der Waals surface area contributed by atoms with Gasteiger partial charge < -0.3 is 5.32 Å². The van der Waals surface area contributed by atoms with Crippen LogP contribution in [0.2, 0.25) is 0 Å². The molecule has 2 N–H and O–H groups in total. The van der Waals surface area contributed by atoms with Gasteiger partial charge in [-0.3, -0.25) is 0 Å². The van der Waals surface area contributed by atoms with E-state index >= 15 is 0 Å². The summed E-state index contributed by atoms with van der Waals surface area (Å²) in [7, 11) is -3.15. The lowest BCUT2D eigenvalue weighted by Crippen LogP contribution is -2.49. The predicted molar refractivity (Wildman–Crippen MR) is 76.3 cm³/mol. The normalized spacial score (nSPS) is 40.5. The molecule has 0 aromatic heterocycles. The van der Waals surface area contributed by atoms with Crippen molar-refractivity contribution < 1.29 is 8.42 Å². The minimum atomic E-state index is -3.15. The first-order chi connectivity index (χ1) is 9.06. The first kappa shape index (κ1) is 13.8. The van der Waals surface area contributed by atoms with Gasteiger partial charge in [0.1, 0.15) is 0 Å². The highest BCUT2D eigenvalue weighted by Gasteiger charge is 2.43. The molecule has 0 aromatic carbocycles. The van der Waals surface area contributed by atoms with E-state index in [4.69, 9.17) is 0 Å². The summed E-state index contributed by atoms with van der Waals surface area (Å²) in [6.07, 6.45) is 7.01. The molecular formula is C14H26N2O2S. The van der Waals surface area contributed by atoms with Crippen LogP contribution in [0.3, 0.4) is 0 Å². The van der Waals surface area contributed by atoms with Gasteiger partial charge in [0.2, 0.25) is 10.0 Å². The summed E-state index contributed by atoms with van der Waals surface area (Å²) >= 11 is 0. The number of hydrogen-bond acceptors (Lipinski definition) is 3. The highest BCUT2D eigenvalue weighted by atomic mass is 32.2. The maximum absolute atomic E-state index is 12.4. The van der Waals surface area contributed by atoms with E-state index in [1.54, 1.807) is 0 Å². The first-order valence-electron chi connectivity index (χ1n) is 7.78. The topological polar surface area (TPSA) is 58.2 Å². The van der Waals surface area contributed by atoms with E-state index in [0.29, 0.717) is 12.5 Å². The monoisotopic (exact) mass is 286 g/mol. The Hall–Kier alpha value is -0.130. The van der Waals surface area contributed by atoms with Crippen molar-refractivity contribution >= 4 is 10.0 Å². The minimum absolute atomic E-state index is 0.113. The van der Waals surface area contributed by atoms with Gasteiger partial charge in [0, 0.05) is 12.6 Å². The molecule has 2 aliphatic carbocycles. The Morgan fingerprint density at radius 2 is 2.05 bits per heavy atom. The Balaban J connectivity index is 1.60. The summed E-state index contributed by atoms with van der Waals surface area (Å²) in [4.78, 5) is 0. The Kier molecular flexibility index (Phi) is 3.89. The molecule has 110 valence electrons. The summed E-state index contributed by atoms with van der Waals surface area (Å²) in [5, 5.41) is 2.96. The molecule has 0 radical (unpaired) electrons. The number of rotatable bonds is 4. The summed E-state index contributed by atoms with van der Waals surface area (Å²) < 4.78 is 27.8. The van der Waals surface area contributed by atoms with Crippen LogP contribution in [0.1, 0.15) is 45.4 Å². The molecule has 1 heterocycles. The van der Waals surface area contributed by atoms with Gasteiger partial charge in [0.25, 0.3) is 0 Å². The molecule has 2 saturated carbocycles. The SMILES string of the molecule is CC(NS(=O)(=O)C1CCCNC1)C1CC2CCC1C2. The number of sulfonamides is 1. The molecule has 3 aliphatic rings. The van der Waals surface area contributed by atoms with Gasteiger partial charge in [-0.1, -0.05) is 6.42 Å². The van der Waals surface area contributed by atoms with Crippen molar-refractivity contribution in [3.05, 3.63) is 0 Å². The molecule has 2 bridgehead atoms. The van der Waals surface area contributed by atoms with E-state index in [1.807, 2.05) is 0 Å². The summed E-state index contributed by atoms with van der Waals surface area (Å²) in [6, 6.07) is 0.113. The van der Waals surface area contributed by atoms with Crippen LogP contribution >= 0.6 is 0 Å². The lowest BCUT2D eigenvalue weighted by molar-refractivity contribution is 0.279. The molecule has 0 amide bonds. The van der Waals surface area contributed by atoms with Crippen LogP contribution in [0.25, 0.3) is 0 Å². The standard InChI is InChI=1S/C14H26N2O2S/c1-10(14-8-11-4-5-12(14)7-11)16-19(17,18)13-3-2-6-15-9-13/h10-16H,2-9H2,1H3. The lowest BCUT2D eigenvalue weighted by Gasteiger charge is -2.31. The number of hydrogen-bond donors (Lipinski definition) is 2. The molecule has 1 aliphatic heterocycles. The van der Waals surface area contributed by atoms with Crippen molar-refractivity contribution in [1.29, 1.82) is 0 Å². The third kappa shape index (κ3) is 2.83. The second kappa shape index (κ2) is 5.34. The van der Waals surface area contributed by atoms with Crippen molar-refractivity contribution in [2.45, 2.75) is 56.7 Å². The number of piperidine rings is 1. The zero-order chi connectivity index (χ0) is 13.5. The molecule has 0 spiro atoms. The van der Waals surface area contributed by atoms with E-state index in [2.05, 4.69) is 17.0 Å².